The van der Waals surface area contributed by atoms with Gasteiger partial charge in [0.05, 0.1) is 15.6 Å². The van der Waals surface area contributed by atoms with Crippen LogP contribution in [-0.2, 0) is 0 Å². The summed E-state index contributed by atoms with van der Waals surface area (Å²) in [7, 11) is 0. The predicted molar refractivity (Wildman–Crippen MR) is 104 cm³/mol. The fourth-order valence-corrected chi connectivity index (χ4v) is 4.51. The standard InChI is InChI=1S/C20H17N3OS/c24-19-18(25-20-21-16-5-1-2-6-17(16)23(19)20)13-14-7-9-15(10-8-14)22-11-3-4-12-22/h1-2,5-10,13H,3-4,11-12H2. The van der Waals surface area contributed by atoms with Crippen LogP contribution >= 0.6 is 11.3 Å². The van der Waals surface area contributed by atoms with Crippen LogP contribution in [0.2, 0.25) is 0 Å². The van der Waals surface area contributed by atoms with Gasteiger partial charge in [0, 0.05) is 18.8 Å². The summed E-state index contributed by atoms with van der Waals surface area (Å²) in [6.07, 6.45) is 4.51. The van der Waals surface area contributed by atoms with E-state index >= 15 is 0 Å². The number of aromatic nitrogens is 2. The Labute approximate surface area is 148 Å². The van der Waals surface area contributed by atoms with E-state index in [0.717, 1.165) is 39.2 Å². The van der Waals surface area contributed by atoms with Crippen LogP contribution in [0.5, 0.6) is 0 Å². The summed E-state index contributed by atoms with van der Waals surface area (Å²) < 4.78 is 2.44. The summed E-state index contributed by atoms with van der Waals surface area (Å²) in [5.74, 6) is 0. The van der Waals surface area contributed by atoms with Crippen LogP contribution in [-0.4, -0.2) is 22.5 Å². The maximum Gasteiger partial charge on any atom is 0.274 e. The molecule has 1 aliphatic heterocycles. The molecule has 5 heteroatoms. The predicted octanol–water partition coefficient (Wildman–Crippen LogP) is 3.06. The van der Waals surface area contributed by atoms with Gasteiger partial charge < -0.3 is 4.90 Å². The van der Waals surface area contributed by atoms with E-state index in [1.165, 1.54) is 29.9 Å². The van der Waals surface area contributed by atoms with Crippen molar-refractivity contribution >= 4 is 39.1 Å². The number of rotatable bonds is 2. The molecule has 0 radical (unpaired) electrons. The van der Waals surface area contributed by atoms with Crippen LogP contribution in [0.25, 0.3) is 22.1 Å². The minimum absolute atomic E-state index is 0.0114. The SMILES string of the molecule is O=c1c(=Cc2ccc(N3CCCC3)cc2)sc2nc3ccccc3n12. The van der Waals surface area contributed by atoms with Gasteiger partial charge in [-0.15, -0.1) is 0 Å². The fraction of sp³-hybridized carbons (Fsp3) is 0.200. The average Bonchev–Trinajstić information content (AvgIpc) is 3.34. The monoisotopic (exact) mass is 347 g/mol. The van der Waals surface area contributed by atoms with Crippen molar-refractivity contribution < 1.29 is 0 Å². The molecule has 3 heterocycles. The van der Waals surface area contributed by atoms with E-state index in [9.17, 15) is 4.79 Å². The molecule has 124 valence electrons. The van der Waals surface area contributed by atoms with E-state index in [0.29, 0.717) is 0 Å². The quantitative estimate of drug-likeness (QED) is 0.559. The van der Waals surface area contributed by atoms with Crippen molar-refractivity contribution in [1.29, 1.82) is 0 Å². The van der Waals surface area contributed by atoms with Crippen molar-refractivity contribution in [2.24, 2.45) is 0 Å². The van der Waals surface area contributed by atoms with E-state index in [2.05, 4.69) is 34.1 Å². The van der Waals surface area contributed by atoms with Gasteiger partial charge in [0.15, 0.2) is 4.96 Å². The number of imidazole rings is 1. The minimum Gasteiger partial charge on any atom is -0.372 e. The topological polar surface area (TPSA) is 37.6 Å². The zero-order valence-corrected chi connectivity index (χ0v) is 14.5. The molecule has 1 saturated heterocycles. The molecule has 0 atom stereocenters. The van der Waals surface area contributed by atoms with Gasteiger partial charge in [-0.2, -0.15) is 0 Å². The number of hydrogen-bond acceptors (Lipinski definition) is 4. The van der Waals surface area contributed by atoms with Crippen LogP contribution in [0, 0.1) is 0 Å². The van der Waals surface area contributed by atoms with Gasteiger partial charge in [-0.25, -0.2) is 9.38 Å². The summed E-state index contributed by atoms with van der Waals surface area (Å²) in [6.45, 7) is 2.28. The Morgan fingerprint density at radius 2 is 1.76 bits per heavy atom. The Bertz CT molecular complexity index is 1170. The van der Waals surface area contributed by atoms with Crippen LogP contribution in [0.3, 0.4) is 0 Å². The van der Waals surface area contributed by atoms with Crippen LogP contribution in [0.1, 0.15) is 18.4 Å². The summed E-state index contributed by atoms with van der Waals surface area (Å²) in [5, 5.41) is 0. The molecule has 0 amide bonds. The van der Waals surface area contributed by atoms with Crippen molar-refractivity contribution in [2.75, 3.05) is 18.0 Å². The molecule has 0 bridgehead atoms. The first-order valence-corrected chi connectivity index (χ1v) is 9.38. The molecular formula is C20H17N3OS. The van der Waals surface area contributed by atoms with Crippen LogP contribution < -0.4 is 15.0 Å². The second kappa shape index (κ2) is 5.70. The number of nitrogens with zero attached hydrogens (tertiary/aromatic N) is 3. The lowest BCUT2D eigenvalue weighted by molar-refractivity contribution is 0.949. The maximum atomic E-state index is 12.8. The lowest BCUT2D eigenvalue weighted by Gasteiger charge is -2.17. The molecule has 0 N–H and O–H groups in total. The van der Waals surface area contributed by atoms with Crippen LogP contribution in [0.4, 0.5) is 5.69 Å². The highest BCUT2D eigenvalue weighted by Crippen LogP contribution is 2.21. The molecule has 25 heavy (non-hydrogen) atoms. The van der Waals surface area contributed by atoms with Crippen molar-refractivity contribution in [3.63, 3.8) is 0 Å². The third-order valence-electron chi connectivity index (χ3n) is 4.81. The van der Waals surface area contributed by atoms with E-state index in [1.807, 2.05) is 30.3 Å². The molecule has 0 unspecified atom stereocenters. The average molecular weight is 347 g/mol. The summed E-state index contributed by atoms with van der Waals surface area (Å²) in [5.41, 5.74) is 4.07. The van der Waals surface area contributed by atoms with Crippen molar-refractivity contribution in [2.45, 2.75) is 12.8 Å². The van der Waals surface area contributed by atoms with E-state index in [4.69, 9.17) is 0 Å². The first kappa shape index (κ1) is 14.7. The Balaban J connectivity index is 1.58. The largest absolute Gasteiger partial charge is 0.372 e. The van der Waals surface area contributed by atoms with E-state index in [1.54, 1.807) is 4.40 Å². The molecule has 2 aromatic carbocycles. The van der Waals surface area contributed by atoms with Gasteiger partial charge in [0.1, 0.15) is 0 Å². The highest BCUT2D eigenvalue weighted by atomic mass is 32.1. The van der Waals surface area contributed by atoms with Gasteiger partial charge in [-0.05, 0) is 48.7 Å². The fourth-order valence-electron chi connectivity index (χ4n) is 3.52. The third-order valence-corrected chi connectivity index (χ3v) is 5.78. The first-order chi connectivity index (χ1) is 12.3. The minimum atomic E-state index is 0.0114. The van der Waals surface area contributed by atoms with E-state index < -0.39 is 0 Å². The molecular weight excluding hydrogens is 330 g/mol. The summed E-state index contributed by atoms with van der Waals surface area (Å²) >= 11 is 1.45. The number of thiazole rings is 1. The van der Waals surface area contributed by atoms with Crippen molar-refractivity contribution in [3.8, 4) is 0 Å². The molecule has 0 saturated carbocycles. The second-order valence-corrected chi connectivity index (χ2v) is 7.43. The Hall–Kier alpha value is -2.66. The first-order valence-electron chi connectivity index (χ1n) is 8.56. The number of fused-ring (bicyclic) bond motifs is 3. The molecule has 0 spiro atoms. The molecule has 4 nitrogen and oxygen atoms in total. The molecule has 5 rings (SSSR count). The third kappa shape index (κ3) is 2.43. The highest BCUT2D eigenvalue weighted by molar-refractivity contribution is 7.15. The smallest absolute Gasteiger partial charge is 0.274 e. The normalized spacial score (nSPS) is 15.7. The number of benzene rings is 2. The Kier molecular flexibility index (Phi) is 3.35. The maximum absolute atomic E-state index is 12.8. The Morgan fingerprint density at radius 3 is 2.56 bits per heavy atom. The number of para-hydroxylation sites is 2. The molecule has 2 aromatic heterocycles. The Morgan fingerprint density at radius 1 is 1.00 bits per heavy atom. The van der Waals surface area contributed by atoms with Crippen molar-refractivity contribution in [1.82, 2.24) is 9.38 Å². The van der Waals surface area contributed by atoms with Gasteiger partial charge >= 0.3 is 0 Å². The second-order valence-electron chi connectivity index (χ2n) is 6.42. The van der Waals surface area contributed by atoms with Gasteiger partial charge in [-0.1, -0.05) is 35.6 Å². The summed E-state index contributed by atoms with van der Waals surface area (Å²) in [6, 6.07) is 16.2. The van der Waals surface area contributed by atoms with Gasteiger partial charge in [0.25, 0.3) is 5.56 Å². The van der Waals surface area contributed by atoms with Gasteiger partial charge in [-0.3, -0.25) is 4.79 Å². The number of anilines is 1. The van der Waals surface area contributed by atoms with Crippen molar-refractivity contribution in [3.05, 3.63) is 69.0 Å². The zero-order valence-electron chi connectivity index (χ0n) is 13.7. The highest BCUT2D eigenvalue weighted by Gasteiger charge is 2.12. The van der Waals surface area contributed by atoms with Gasteiger partial charge in [0.2, 0.25) is 0 Å². The molecule has 0 aliphatic carbocycles. The zero-order chi connectivity index (χ0) is 16.8. The van der Waals surface area contributed by atoms with E-state index in [-0.39, 0.29) is 5.56 Å². The lowest BCUT2D eigenvalue weighted by atomic mass is 10.2. The lowest BCUT2D eigenvalue weighted by Crippen LogP contribution is -2.22. The number of hydrogen-bond donors (Lipinski definition) is 0. The van der Waals surface area contributed by atoms with Crippen LogP contribution in [0.15, 0.2) is 53.3 Å². The molecule has 4 aromatic rings. The molecule has 1 aliphatic rings. The summed E-state index contributed by atoms with van der Waals surface area (Å²) in [4.78, 5) is 20.5. The molecule has 1 fully saturated rings.